The summed E-state index contributed by atoms with van der Waals surface area (Å²) in [6.07, 6.45) is 3.03. The molecule has 63 heavy (non-hydrogen) atoms. The molecule has 2 aromatic heterocycles. The Kier molecular flexibility index (Phi) is 15.0. The topological polar surface area (TPSA) is 154 Å². The minimum Gasteiger partial charge on any atom is -0.372 e. The van der Waals surface area contributed by atoms with Gasteiger partial charge in [-0.2, -0.15) is 4.99 Å². The molecule has 14 heteroatoms. The first-order chi connectivity index (χ1) is 30.4. The van der Waals surface area contributed by atoms with Gasteiger partial charge >= 0.3 is 0 Å². The lowest BCUT2D eigenvalue weighted by Gasteiger charge is -2.35. The van der Waals surface area contributed by atoms with E-state index in [4.69, 9.17) is 30.0 Å². The van der Waals surface area contributed by atoms with Crippen LogP contribution >= 0.6 is 0 Å². The molecule has 2 aliphatic rings. The van der Waals surface area contributed by atoms with Crippen molar-refractivity contribution in [2.45, 2.75) is 84.3 Å². The predicted octanol–water partition coefficient (Wildman–Crippen LogP) is 8.51. The van der Waals surface area contributed by atoms with E-state index < -0.39 is 0 Å². The van der Waals surface area contributed by atoms with Crippen LogP contribution < -0.4 is 11.5 Å². The lowest BCUT2D eigenvalue weighted by Crippen LogP contribution is -2.50. The molecule has 0 spiro atoms. The van der Waals surface area contributed by atoms with Crippen molar-refractivity contribution in [3.05, 3.63) is 149 Å². The number of morpholine rings is 2. The van der Waals surface area contributed by atoms with E-state index in [0.717, 1.165) is 46.7 Å². The summed E-state index contributed by atoms with van der Waals surface area (Å²) in [7, 11) is 0. The van der Waals surface area contributed by atoms with Crippen LogP contribution in [0.1, 0.15) is 56.0 Å². The first-order valence-corrected chi connectivity index (χ1v) is 21.5. The molecule has 4 unspecified atom stereocenters. The smallest absolute Gasteiger partial charge is 0.253 e. The molecule has 330 valence electrons. The molecule has 4 N–H and O–H groups in total. The highest BCUT2D eigenvalue weighted by Gasteiger charge is 2.25. The van der Waals surface area contributed by atoms with Gasteiger partial charge in [0.25, 0.3) is 5.88 Å². The van der Waals surface area contributed by atoms with Gasteiger partial charge in [0.05, 0.1) is 35.8 Å². The molecule has 4 atom stereocenters. The zero-order valence-corrected chi connectivity index (χ0v) is 36.3. The molecule has 2 saturated heterocycles. The van der Waals surface area contributed by atoms with Gasteiger partial charge in [0.15, 0.2) is 17.7 Å². The Hall–Kier alpha value is -6.38. The molecule has 0 saturated carbocycles. The molecule has 2 fully saturated rings. The number of nitrogens with two attached hydrogens (primary N) is 2. The van der Waals surface area contributed by atoms with Crippen LogP contribution in [0, 0.1) is 11.6 Å². The molecule has 4 aromatic carbocycles. The number of aromatic nitrogens is 2. The van der Waals surface area contributed by atoms with Crippen LogP contribution in [0.15, 0.2) is 128 Å². The lowest BCUT2D eigenvalue weighted by atomic mass is 10.0. The second kappa shape index (κ2) is 21.1. The summed E-state index contributed by atoms with van der Waals surface area (Å²) in [5, 5.41) is 8.19. The lowest BCUT2D eigenvalue weighted by molar-refractivity contribution is -0.0485. The fourth-order valence-electron chi connectivity index (χ4n) is 7.87. The number of hydrogen-bond acceptors (Lipinski definition) is 8. The molecule has 0 bridgehead atoms. The summed E-state index contributed by atoms with van der Waals surface area (Å²) in [4.78, 5) is 12.8. The van der Waals surface area contributed by atoms with E-state index in [0.29, 0.717) is 80.0 Å². The number of guanidine groups is 2. The van der Waals surface area contributed by atoms with Gasteiger partial charge in [-0.15, -0.1) is 0 Å². The minimum absolute atomic E-state index is 0.0939. The normalized spacial score (nSPS) is 19.5. The van der Waals surface area contributed by atoms with Crippen LogP contribution in [0.5, 0.6) is 0 Å². The van der Waals surface area contributed by atoms with Crippen molar-refractivity contribution < 1.29 is 27.3 Å². The Balaban J connectivity index is 0.000000189. The van der Waals surface area contributed by atoms with E-state index in [9.17, 15) is 8.78 Å². The summed E-state index contributed by atoms with van der Waals surface area (Å²) in [5.74, 6) is 1.46. The third kappa shape index (κ3) is 12.6. The standard InChI is InChI=1S/C25H29FN4O2.C24H27FN4O2/c1-17-15-30(16-18(2)31-17)25(27)28-14-22-13-21(29-32-22)10-8-19-9-11-23(24(26)12-19)20-6-4-3-5-7-20;1-16-14-29(15-17(2)30-16)24(26)27-23-13-20(28-31-23)10-8-18-9-11-21(22(25)12-18)19-6-4-3-5-7-19/h3-7,9,11-13,17-18H,8,10,14-16H2,1-2H3,(H2,27,28);3-7,9,11-13,16-17H,8,10,14-15H2,1-2H3,(H2,26,27). The van der Waals surface area contributed by atoms with Crippen LogP contribution in [0.25, 0.3) is 22.3 Å². The summed E-state index contributed by atoms with van der Waals surface area (Å²) in [6, 6.07) is 33.5. The van der Waals surface area contributed by atoms with E-state index in [1.54, 1.807) is 18.2 Å². The summed E-state index contributed by atoms with van der Waals surface area (Å²) >= 11 is 0. The molecule has 2 aliphatic heterocycles. The molecule has 0 radical (unpaired) electrons. The first-order valence-electron chi connectivity index (χ1n) is 21.5. The zero-order valence-electron chi connectivity index (χ0n) is 36.3. The molecule has 6 aromatic rings. The highest BCUT2D eigenvalue weighted by Crippen LogP contribution is 2.26. The zero-order chi connectivity index (χ0) is 44.3. The van der Waals surface area contributed by atoms with E-state index >= 15 is 0 Å². The maximum atomic E-state index is 14.6. The number of ether oxygens (including phenoxy) is 2. The second-order valence-corrected chi connectivity index (χ2v) is 16.3. The SMILES string of the molecule is CC1CN(C(N)=NCc2cc(CCc3ccc(-c4ccccc4)c(F)c3)no2)CC(C)O1.CC1CN(C(N)=Nc2cc(CCc3ccc(-c4ccccc4)c(F)c3)no2)CC(C)O1. The largest absolute Gasteiger partial charge is 0.372 e. The Morgan fingerprint density at radius 2 is 1.05 bits per heavy atom. The van der Waals surface area contributed by atoms with Crippen LogP contribution in [0.4, 0.5) is 14.7 Å². The van der Waals surface area contributed by atoms with E-state index in [1.165, 1.54) is 0 Å². The third-order valence-electron chi connectivity index (χ3n) is 10.8. The quantitative estimate of drug-likeness (QED) is 0.0958. The van der Waals surface area contributed by atoms with Crippen LogP contribution in [-0.2, 0) is 41.7 Å². The Bertz CT molecular complexity index is 2440. The molecule has 0 amide bonds. The van der Waals surface area contributed by atoms with Crippen LogP contribution in [0.3, 0.4) is 0 Å². The van der Waals surface area contributed by atoms with E-state index in [-0.39, 0.29) is 36.1 Å². The van der Waals surface area contributed by atoms with E-state index in [1.807, 2.05) is 128 Å². The molecule has 4 heterocycles. The Morgan fingerprint density at radius 3 is 1.54 bits per heavy atom. The number of halogens is 2. The molecular weight excluding hydrogens is 803 g/mol. The average Bonchev–Trinajstić information content (AvgIpc) is 3.93. The van der Waals surface area contributed by atoms with Gasteiger partial charge in [-0.05, 0) is 87.8 Å². The summed E-state index contributed by atoms with van der Waals surface area (Å²) in [5.41, 5.74) is 18.6. The Labute approximate surface area is 367 Å². The van der Waals surface area contributed by atoms with Gasteiger partial charge in [0.1, 0.15) is 18.2 Å². The number of aryl methyl sites for hydroxylation is 4. The van der Waals surface area contributed by atoms with Gasteiger partial charge < -0.3 is 39.8 Å². The number of benzene rings is 4. The monoisotopic (exact) mass is 858 g/mol. The van der Waals surface area contributed by atoms with Crippen molar-refractivity contribution in [2.24, 2.45) is 21.5 Å². The van der Waals surface area contributed by atoms with Crippen molar-refractivity contribution in [2.75, 3.05) is 26.2 Å². The molecule has 12 nitrogen and oxygen atoms in total. The van der Waals surface area contributed by atoms with Crippen molar-refractivity contribution in [3.8, 4) is 22.3 Å². The van der Waals surface area contributed by atoms with Crippen molar-refractivity contribution >= 4 is 17.8 Å². The highest BCUT2D eigenvalue weighted by molar-refractivity contribution is 5.80. The predicted molar refractivity (Wildman–Crippen MR) is 241 cm³/mol. The van der Waals surface area contributed by atoms with Crippen LogP contribution in [0.2, 0.25) is 0 Å². The Morgan fingerprint density at radius 1 is 0.587 bits per heavy atom. The fourth-order valence-corrected chi connectivity index (χ4v) is 7.87. The van der Waals surface area contributed by atoms with Gasteiger partial charge in [0, 0.05) is 49.4 Å². The second-order valence-electron chi connectivity index (χ2n) is 16.3. The number of rotatable bonds is 11. The van der Waals surface area contributed by atoms with Crippen molar-refractivity contribution in [1.82, 2.24) is 20.1 Å². The van der Waals surface area contributed by atoms with E-state index in [2.05, 4.69) is 20.3 Å². The van der Waals surface area contributed by atoms with Gasteiger partial charge in [-0.25, -0.2) is 13.8 Å². The molecular formula is C49H56F2N8O4. The van der Waals surface area contributed by atoms with Gasteiger partial charge in [0.2, 0.25) is 0 Å². The number of hydrogen-bond donors (Lipinski definition) is 2. The number of aliphatic imine (C=N–C) groups is 2. The van der Waals surface area contributed by atoms with Crippen molar-refractivity contribution in [1.29, 1.82) is 0 Å². The molecule has 0 aliphatic carbocycles. The summed E-state index contributed by atoms with van der Waals surface area (Å²) in [6.45, 7) is 11.2. The maximum absolute atomic E-state index is 14.6. The first kappa shape index (κ1) is 44.7. The van der Waals surface area contributed by atoms with Crippen molar-refractivity contribution in [3.63, 3.8) is 0 Å². The van der Waals surface area contributed by atoms with Gasteiger partial charge in [-0.1, -0.05) is 95.2 Å². The van der Waals surface area contributed by atoms with Crippen LogP contribution in [-0.4, -0.2) is 82.6 Å². The number of nitrogens with zero attached hydrogens (tertiary/aromatic N) is 6. The molecule has 8 rings (SSSR count). The highest BCUT2D eigenvalue weighted by atomic mass is 19.1. The van der Waals surface area contributed by atoms with Gasteiger partial charge in [-0.3, -0.25) is 0 Å². The fraction of sp³-hybridized carbons (Fsp3) is 0.347. The maximum Gasteiger partial charge on any atom is 0.253 e. The minimum atomic E-state index is -0.226. The third-order valence-corrected chi connectivity index (χ3v) is 10.8. The summed E-state index contributed by atoms with van der Waals surface area (Å²) < 4.78 is 51.3. The average molecular weight is 859 g/mol.